The Kier molecular flexibility index (Phi) is 6.93. The average molecular weight is 727 g/mol. The predicted octanol–water partition coefficient (Wildman–Crippen LogP) is 15.3. The molecule has 266 valence electrons. The van der Waals surface area contributed by atoms with Crippen LogP contribution in [0.15, 0.2) is 211 Å². The minimum Gasteiger partial charge on any atom is -0.455 e. The Balaban J connectivity index is 1.14. The lowest BCUT2D eigenvalue weighted by molar-refractivity contribution is 0.670. The van der Waals surface area contributed by atoms with Crippen LogP contribution < -0.4 is 4.90 Å². The van der Waals surface area contributed by atoms with Gasteiger partial charge in [0.05, 0.1) is 22.1 Å². The SMILES string of the molecule is c1ccc(N(c2ccc3ccc4ccccc4c3c2)c2cccc3oc4c(-c5ccc6c(c5)c5ccccc5n6-c5ccccc5)cc5ccccc5c4c23)cc1. The molecule has 0 fully saturated rings. The van der Waals surface area contributed by atoms with Crippen molar-refractivity contribution in [2.75, 3.05) is 4.90 Å². The number of hydrogen-bond donors (Lipinski definition) is 0. The summed E-state index contributed by atoms with van der Waals surface area (Å²) in [5.41, 5.74) is 10.7. The Bertz CT molecular complexity index is 3520. The number of fused-ring (bicyclic) bond motifs is 11. The third kappa shape index (κ3) is 4.86. The zero-order valence-electron chi connectivity index (χ0n) is 30.9. The maximum absolute atomic E-state index is 7.08. The molecule has 0 saturated carbocycles. The van der Waals surface area contributed by atoms with E-state index < -0.39 is 0 Å². The summed E-state index contributed by atoms with van der Waals surface area (Å²) >= 11 is 0. The van der Waals surface area contributed by atoms with Gasteiger partial charge in [0.15, 0.2) is 0 Å². The molecule has 2 aromatic heterocycles. The first-order chi connectivity index (χ1) is 28.3. The van der Waals surface area contributed by atoms with Crippen LogP contribution in [0.25, 0.3) is 92.9 Å². The van der Waals surface area contributed by atoms with Gasteiger partial charge in [-0.25, -0.2) is 0 Å². The van der Waals surface area contributed by atoms with E-state index in [0.717, 1.165) is 55.8 Å². The Morgan fingerprint density at radius 1 is 0.386 bits per heavy atom. The molecule has 57 heavy (non-hydrogen) atoms. The minimum atomic E-state index is 0.856. The van der Waals surface area contributed by atoms with E-state index in [9.17, 15) is 0 Å². The number of rotatable bonds is 5. The topological polar surface area (TPSA) is 21.3 Å². The molecule has 0 spiro atoms. The fraction of sp³-hybridized carbons (Fsp3) is 0. The molecule has 3 nitrogen and oxygen atoms in total. The summed E-state index contributed by atoms with van der Waals surface area (Å²) in [4.78, 5) is 2.39. The van der Waals surface area contributed by atoms with Gasteiger partial charge in [-0.05, 0) is 111 Å². The lowest BCUT2D eigenvalue weighted by Gasteiger charge is -2.26. The molecule has 0 aliphatic rings. The van der Waals surface area contributed by atoms with Crippen LogP contribution in [-0.2, 0) is 0 Å². The highest BCUT2D eigenvalue weighted by molar-refractivity contribution is 6.26. The molecule has 0 aliphatic heterocycles. The van der Waals surface area contributed by atoms with Crippen LogP contribution in [-0.4, -0.2) is 4.57 Å². The summed E-state index contributed by atoms with van der Waals surface area (Å²) in [6, 6.07) is 74.4. The monoisotopic (exact) mass is 726 g/mol. The summed E-state index contributed by atoms with van der Waals surface area (Å²) in [6.07, 6.45) is 0. The van der Waals surface area contributed by atoms with Gasteiger partial charge < -0.3 is 13.9 Å². The summed E-state index contributed by atoms with van der Waals surface area (Å²) in [6.45, 7) is 0. The molecule has 0 atom stereocenters. The van der Waals surface area contributed by atoms with Crippen molar-refractivity contribution in [2.24, 2.45) is 0 Å². The van der Waals surface area contributed by atoms with Gasteiger partial charge in [-0.15, -0.1) is 0 Å². The fourth-order valence-electron chi connectivity index (χ4n) is 9.18. The molecule has 0 saturated heterocycles. The third-order valence-electron chi connectivity index (χ3n) is 11.7. The zero-order chi connectivity index (χ0) is 37.5. The van der Waals surface area contributed by atoms with Crippen molar-refractivity contribution >= 4 is 93.1 Å². The Morgan fingerprint density at radius 3 is 1.89 bits per heavy atom. The molecule has 10 aromatic carbocycles. The predicted molar refractivity (Wildman–Crippen MR) is 241 cm³/mol. The average Bonchev–Trinajstić information content (AvgIpc) is 3.84. The summed E-state index contributed by atoms with van der Waals surface area (Å²) in [7, 11) is 0. The van der Waals surface area contributed by atoms with Crippen LogP contribution in [0.3, 0.4) is 0 Å². The van der Waals surface area contributed by atoms with Gasteiger partial charge in [0.2, 0.25) is 0 Å². The van der Waals surface area contributed by atoms with Gasteiger partial charge in [-0.2, -0.15) is 0 Å². The van der Waals surface area contributed by atoms with E-state index in [0.29, 0.717) is 0 Å². The molecule has 0 amide bonds. The van der Waals surface area contributed by atoms with Crippen molar-refractivity contribution in [3.05, 3.63) is 206 Å². The molecule has 0 N–H and O–H groups in total. The molecule has 0 bridgehead atoms. The van der Waals surface area contributed by atoms with E-state index in [1.807, 2.05) is 0 Å². The highest BCUT2D eigenvalue weighted by Crippen LogP contribution is 2.48. The molecular formula is C54H34N2O. The van der Waals surface area contributed by atoms with Crippen molar-refractivity contribution in [1.29, 1.82) is 0 Å². The maximum atomic E-state index is 7.08. The molecule has 12 rings (SSSR count). The van der Waals surface area contributed by atoms with Gasteiger partial charge >= 0.3 is 0 Å². The van der Waals surface area contributed by atoms with Gasteiger partial charge in [0.1, 0.15) is 11.2 Å². The number of furan rings is 1. The fourth-order valence-corrected chi connectivity index (χ4v) is 9.18. The van der Waals surface area contributed by atoms with Gasteiger partial charge in [0, 0.05) is 38.8 Å². The van der Waals surface area contributed by atoms with Crippen LogP contribution >= 0.6 is 0 Å². The number of anilines is 3. The molecular weight excluding hydrogens is 693 g/mol. The molecule has 12 aromatic rings. The van der Waals surface area contributed by atoms with Crippen LogP contribution in [0.2, 0.25) is 0 Å². The van der Waals surface area contributed by atoms with Crippen LogP contribution in [0, 0.1) is 0 Å². The van der Waals surface area contributed by atoms with Crippen molar-refractivity contribution < 1.29 is 4.42 Å². The largest absolute Gasteiger partial charge is 0.455 e. The Hall–Kier alpha value is -7.62. The zero-order valence-corrected chi connectivity index (χ0v) is 30.9. The van der Waals surface area contributed by atoms with E-state index in [-0.39, 0.29) is 0 Å². The van der Waals surface area contributed by atoms with E-state index in [4.69, 9.17) is 4.42 Å². The van der Waals surface area contributed by atoms with Gasteiger partial charge in [-0.3, -0.25) is 0 Å². The van der Waals surface area contributed by atoms with E-state index in [1.54, 1.807) is 0 Å². The maximum Gasteiger partial charge on any atom is 0.143 e. The summed E-state index contributed by atoms with van der Waals surface area (Å²) in [5.74, 6) is 0. The third-order valence-corrected chi connectivity index (χ3v) is 11.7. The first-order valence-corrected chi connectivity index (χ1v) is 19.5. The van der Waals surface area contributed by atoms with Crippen LogP contribution in [0.5, 0.6) is 0 Å². The smallest absolute Gasteiger partial charge is 0.143 e. The van der Waals surface area contributed by atoms with Gasteiger partial charge in [0.25, 0.3) is 0 Å². The highest BCUT2D eigenvalue weighted by Gasteiger charge is 2.24. The summed E-state index contributed by atoms with van der Waals surface area (Å²) < 4.78 is 9.45. The standard InChI is InChI=1S/C54H34N2O/c1-3-16-39(17-4-1)55(41-30-28-36-27-26-35-14-7-9-20-42(35)45(36)34-41)50-24-13-25-51-53(50)52-43-21-10-8-15-37(43)32-46(54(52)57-51)38-29-31-49-47(33-38)44-22-11-12-23-48(44)56(49)40-18-5-2-6-19-40/h1-34H. The van der Waals surface area contributed by atoms with E-state index >= 15 is 0 Å². The number of hydrogen-bond acceptors (Lipinski definition) is 2. The first-order valence-electron chi connectivity index (χ1n) is 19.5. The van der Waals surface area contributed by atoms with Crippen molar-refractivity contribution in [3.63, 3.8) is 0 Å². The highest BCUT2D eigenvalue weighted by atomic mass is 16.3. The number of para-hydroxylation sites is 3. The molecule has 2 heterocycles. The number of benzene rings is 10. The lowest BCUT2D eigenvalue weighted by Crippen LogP contribution is -2.10. The second-order valence-electron chi connectivity index (χ2n) is 14.9. The second-order valence-corrected chi connectivity index (χ2v) is 14.9. The Labute approximate surface area is 328 Å². The number of nitrogens with zero attached hydrogens (tertiary/aromatic N) is 2. The quantitative estimate of drug-likeness (QED) is 0.165. The van der Waals surface area contributed by atoms with Gasteiger partial charge in [-0.1, -0.05) is 133 Å². The minimum absolute atomic E-state index is 0.856. The van der Waals surface area contributed by atoms with Crippen LogP contribution in [0.1, 0.15) is 0 Å². The number of aromatic nitrogens is 1. The Morgan fingerprint density at radius 2 is 1.05 bits per heavy atom. The molecule has 0 unspecified atom stereocenters. The first kappa shape index (κ1) is 31.7. The normalized spacial score (nSPS) is 11.9. The van der Waals surface area contributed by atoms with Crippen molar-refractivity contribution in [3.8, 4) is 16.8 Å². The molecule has 0 radical (unpaired) electrons. The molecule has 3 heteroatoms. The summed E-state index contributed by atoms with van der Waals surface area (Å²) in [5, 5.41) is 11.9. The lowest BCUT2D eigenvalue weighted by atomic mass is 9.95. The van der Waals surface area contributed by atoms with Crippen molar-refractivity contribution in [2.45, 2.75) is 0 Å². The van der Waals surface area contributed by atoms with E-state index in [1.165, 1.54) is 54.1 Å². The molecule has 0 aliphatic carbocycles. The second kappa shape index (κ2) is 12.5. The van der Waals surface area contributed by atoms with Crippen LogP contribution in [0.4, 0.5) is 17.1 Å². The van der Waals surface area contributed by atoms with E-state index in [2.05, 4.69) is 216 Å². The van der Waals surface area contributed by atoms with Crippen molar-refractivity contribution in [1.82, 2.24) is 4.57 Å².